The number of carbonyl (C=O) groups is 1. The summed E-state index contributed by atoms with van der Waals surface area (Å²) < 4.78 is 1.68. The number of aromatic amines is 1. The molecule has 1 aromatic carbocycles. The first-order chi connectivity index (χ1) is 9.25. The lowest BCUT2D eigenvalue weighted by Gasteiger charge is -2.20. The van der Waals surface area contributed by atoms with Gasteiger partial charge in [0.1, 0.15) is 0 Å². The van der Waals surface area contributed by atoms with Crippen LogP contribution in [0.1, 0.15) is 31.1 Å². The summed E-state index contributed by atoms with van der Waals surface area (Å²) in [5.41, 5.74) is 1.37. The number of imidazole rings is 1. The van der Waals surface area contributed by atoms with Gasteiger partial charge < -0.3 is 4.98 Å². The number of nitrogens with zero attached hydrogens (tertiary/aromatic N) is 2. The van der Waals surface area contributed by atoms with Crippen molar-refractivity contribution in [2.45, 2.75) is 26.3 Å². The lowest BCUT2D eigenvalue weighted by Crippen LogP contribution is -2.31. The molecule has 0 aliphatic heterocycles. The molecule has 108 valence electrons. The smallest absolute Gasteiger partial charge is 0.305 e. The number of fused-ring (bicyclic) bond motifs is 1. The number of amides is 1. The molecule has 20 heavy (non-hydrogen) atoms. The van der Waals surface area contributed by atoms with Gasteiger partial charge in [0.15, 0.2) is 0 Å². The molecule has 0 aliphatic rings. The molecule has 6 heteroatoms. The van der Waals surface area contributed by atoms with Crippen molar-refractivity contribution in [1.82, 2.24) is 14.6 Å². The van der Waals surface area contributed by atoms with Crippen molar-refractivity contribution in [3.63, 3.8) is 0 Å². The topological polar surface area (TPSA) is 67.3 Å². The van der Waals surface area contributed by atoms with Crippen LogP contribution in [0.3, 0.4) is 0 Å². The maximum atomic E-state index is 12.0. The molecule has 0 spiro atoms. The predicted molar refractivity (Wildman–Crippen MR) is 76.7 cm³/mol. The zero-order chi connectivity index (χ0) is 15.1. The summed E-state index contributed by atoms with van der Waals surface area (Å²) in [4.78, 5) is 31.7. The van der Waals surface area contributed by atoms with E-state index in [1.165, 1.54) is 14.2 Å². The number of aromatic nitrogens is 2. The van der Waals surface area contributed by atoms with Gasteiger partial charge in [-0.15, -0.1) is 0 Å². The van der Waals surface area contributed by atoms with Gasteiger partial charge >= 0.3 is 5.69 Å². The van der Waals surface area contributed by atoms with Gasteiger partial charge in [0.25, 0.3) is 5.91 Å². The third kappa shape index (κ3) is 2.34. The predicted octanol–water partition coefficient (Wildman–Crippen LogP) is 1.72. The number of hydroxylamine groups is 2. The molecular formula is C14H19N3O3. The summed E-state index contributed by atoms with van der Waals surface area (Å²) in [6.07, 6.45) is 0. The van der Waals surface area contributed by atoms with Crippen LogP contribution in [0.25, 0.3) is 11.0 Å². The lowest BCUT2D eigenvalue weighted by molar-refractivity contribution is -0.0756. The number of H-pyrrole nitrogens is 1. The number of nitrogens with one attached hydrogen (secondary N) is 1. The molecule has 2 aromatic rings. The van der Waals surface area contributed by atoms with Crippen LogP contribution in [0.4, 0.5) is 0 Å². The van der Waals surface area contributed by atoms with E-state index >= 15 is 0 Å². The number of hydrogen-bond donors (Lipinski definition) is 1. The molecule has 0 unspecified atom stereocenters. The van der Waals surface area contributed by atoms with E-state index in [-0.39, 0.29) is 17.1 Å². The maximum Gasteiger partial charge on any atom is 0.326 e. The fourth-order valence-corrected chi connectivity index (χ4v) is 2.18. The molecule has 0 radical (unpaired) electrons. The van der Waals surface area contributed by atoms with Crippen LogP contribution in [-0.2, 0) is 10.4 Å². The van der Waals surface area contributed by atoms with Crippen LogP contribution in [0.15, 0.2) is 23.0 Å². The number of rotatable bonds is 2. The quantitative estimate of drug-likeness (QED) is 0.850. The van der Waals surface area contributed by atoms with Gasteiger partial charge in [-0.25, -0.2) is 9.86 Å². The van der Waals surface area contributed by atoms with Crippen LogP contribution in [0.2, 0.25) is 0 Å². The fourth-order valence-electron chi connectivity index (χ4n) is 2.18. The molecule has 0 fully saturated rings. The normalized spacial score (nSPS) is 11.8. The van der Waals surface area contributed by atoms with E-state index in [1.807, 2.05) is 20.8 Å². The summed E-state index contributed by atoms with van der Waals surface area (Å²) in [5, 5.41) is 1.14. The minimum absolute atomic E-state index is 0.183. The van der Waals surface area contributed by atoms with Crippen LogP contribution in [-0.4, -0.2) is 34.7 Å². The second-order valence-corrected chi connectivity index (χ2v) is 5.65. The van der Waals surface area contributed by atoms with Crippen LogP contribution < -0.4 is 5.69 Å². The third-order valence-electron chi connectivity index (χ3n) is 3.16. The highest BCUT2D eigenvalue weighted by molar-refractivity contribution is 5.96. The molecule has 0 aliphatic carbocycles. The highest BCUT2D eigenvalue weighted by Crippen LogP contribution is 2.20. The minimum atomic E-state index is -0.329. The molecule has 1 amide bonds. The summed E-state index contributed by atoms with van der Waals surface area (Å²) in [5.74, 6) is -0.265. The second kappa shape index (κ2) is 4.79. The molecule has 0 atom stereocenters. The average Bonchev–Trinajstić information content (AvgIpc) is 2.71. The SMILES string of the molecule is CON(C)C(=O)c1ccc2c(c1)[nH]c(=O)n2C(C)(C)C. The van der Waals surface area contributed by atoms with Crippen molar-refractivity contribution < 1.29 is 9.63 Å². The lowest BCUT2D eigenvalue weighted by atomic mass is 10.1. The van der Waals surface area contributed by atoms with Crippen LogP contribution in [0.5, 0.6) is 0 Å². The monoisotopic (exact) mass is 277 g/mol. The molecule has 0 saturated carbocycles. The van der Waals surface area contributed by atoms with Crippen molar-refractivity contribution >= 4 is 16.9 Å². The van der Waals surface area contributed by atoms with Gasteiger partial charge in [-0.3, -0.25) is 14.2 Å². The van der Waals surface area contributed by atoms with Gasteiger partial charge in [-0.1, -0.05) is 0 Å². The number of carbonyl (C=O) groups excluding carboxylic acids is 1. The Morgan fingerprint density at radius 2 is 2.00 bits per heavy atom. The van der Waals surface area contributed by atoms with E-state index in [2.05, 4.69) is 4.98 Å². The average molecular weight is 277 g/mol. The first-order valence-electron chi connectivity index (χ1n) is 6.33. The van der Waals surface area contributed by atoms with E-state index < -0.39 is 0 Å². The van der Waals surface area contributed by atoms with E-state index in [1.54, 1.807) is 22.8 Å². The molecular weight excluding hydrogens is 258 g/mol. The standard InChI is InChI=1S/C14H19N3O3/c1-14(2,3)17-11-7-6-9(12(18)16(4)20-5)8-10(11)15-13(17)19/h6-8H,1-5H3,(H,15,19). The first-order valence-corrected chi connectivity index (χ1v) is 6.33. The number of benzene rings is 1. The highest BCUT2D eigenvalue weighted by atomic mass is 16.7. The van der Waals surface area contributed by atoms with Crippen LogP contribution in [0, 0.1) is 0 Å². The number of hydrogen-bond acceptors (Lipinski definition) is 3. The molecule has 1 N–H and O–H groups in total. The summed E-state index contributed by atoms with van der Waals surface area (Å²) in [6.45, 7) is 5.87. The van der Waals surface area contributed by atoms with Crippen LogP contribution >= 0.6 is 0 Å². The zero-order valence-corrected chi connectivity index (χ0v) is 12.4. The van der Waals surface area contributed by atoms with E-state index in [0.717, 1.165) is 10.6 Å². The van der Waals surface area contributed by atoms with Crippen molar-refractivity contribution in [2.75, 3.05) is 14.2 Å². The zero-order valence-electron chi connectivity index (χ0n) is 12.4. The van der Waals surface area contributed by atoms with Crippen molar-refractivity contribution in [3.05, 3.63) is 34.2 Å². The Bertz CT molecular complexity index is 707. The molecule has 0 saturated heterocycles. The third-order valence-corrected chi connectivity index (χ3v) is 3.16. The minimum Gasteiger partial charge on any atom is -0.305 e. The largest absolute Gasteiger partial charge is 0.326 e. The van der Waals surface area contributed by atoms with E-state index in [4.69, 9.17) is 4.84 Å². The summed E-state index contributed by atoms with van der Waals surface area (Å²) in [6, 6.07) is 5.13. The Morgan fingerprint density at radius 3 is 2.55 bits per heavy atom. The van der Waals surface area contributed by atoms with E-state index in [9.17, 15) is 9.59 Å². The Hall–Kier alpha value is -2.08. The Balaban J connectivity index is 2.59. The van der Waals surface area contributed by atoms with Crippen molar-refractivity contribution in [2.24, 2.45) is 0 Å². The maximum absolute atomic E-state index is 12.0. The molecule has 0 bridgehead atoms. The van der Waals surface area contributed by atoms with Gasteiger partial charge in [-0.05, 0) is 39.0 Å². The first kappa shape index (κ1) is 14.3. The van der Waals surface area contributed by atoms with Gasteiger partial charge in [0, 0.05) is 18.2 Å². The Kier molecular flexibility index (Phi) is 3.43. The molecule has 1 heterocycles. The molecule has 2 rings (SSSR count). The van der Waals surface area contributed by atoms with Gasteiger partial charge in [0.2, 0.25) is 0 Å². The molecule has 1 aromatic heterocycles. The fraction of sp³-hybridized carbons (Fsp3) is 0.429. The summed E-state index contributed by atoms with van der Waals surface area (Å²) in [7, 11) is 2.96. The Morgan fingerprint density at radius 1 is 1.35 bits per heavy atom. The van der Waals surface area contributed by atoms with Gasteiger partial charge in [0.05, 0.1) is 18.1 Å². The Labute approximate surface area is 116 Å². The van der Waals surface area contributed by atoms with E-state index in [0.29, 0.717) is 11.1 Å². The summed E-state index contributed by atoms with van der Waals surface area (Å²) >= 11 is 0. The van der Waals surface area contributed by atoms with Crippen molar-refractivity contribution in [3.8, 4) is 0 Å². The van der Waals surface area contributed by atoms with Gasteiger partial charge in [-0.2, -0.15) is 0 Å². The second-order valence-electron chi connectivity index (χ2n) is 5.65. The van der Waals surface area contributed by atoms with Crippen molar-refractivity contribution in [1.29, 1.82) is 0 Å². The highest BCUT2D eigenvalue weighted by Gasteiger charge is 2.20. The molecule has 6 nitrogen and oxygen atoms in total.